The minimum Gasteiger partial charge on any atom is -0.461 e. The minimum atomic E-state index is -0.220. The van der Waals surface area contributed by atoms with E-state index in [2.05, 4.69) is 13.8 Å². The fraction of sp³-hybridized carbons (Fsp3) is 0.765. The molecule has 1 saturated carbocycles. The zero-order valence-electron chi connectivity index (χ0n) is 14.3. The van der Waals surface area contributed by atoms with E-state index in [-0.39, 0.29) is 34.9 Å². The normalized spacial score (nSPS) is 28.8. The third-order valence-corrected chi connectivity index (χ3v) is 6.39. The number of ether oxygens (including phenoxy) is 2. The van der Waals surface area contributed by atoms with E-state index in [0.717, 1.165) is 30.0 Å². The van der Waals surface area contributed by atoms with Gasteiger partial charge in [-0.3, -0.25) is 9.59 Å². The molecule has 0 spiro atoms. The van der Waals surface area contributed by atoms with Gasteiger partial charge in [0.2, 0.25) is 0 Å². The predicted octanol–water partition coefficient (Wildman–Crippen LogP) is 2.66. The molecule has 1 aliphatic carbocycles. The maximum atomic E-state index is 12.2. The van der Waals surface area contributed by atoms with Gasteiger partial charge in [0.1, 0.15) is 6.10 Å². The van der Waals surface area contributed by atoms with Gasteiger partial charge in [0.05, 0.1) is 12.5 Å². The highest BCUT2D eigenvalue weighted by Gasteiger charge is 2.60. The average molecular weight is 339 g/mol. The van der Waals surface area contributed by atoms with Crippen LogP contribution in [0.25, 0.3) is 0 Å². The Kier molecular flexibility index (Phi) is 4.40. The summed E-state index contributed by atoms with van der Waals surface area (Å²) in [5.74, 6) is 0.109. The zero-order valence-corrected chi connectivity index (χ0v) is 15.1. The lowest BCUT2D eigenvalue weighted by Gasteiger charge is -2.58. The van der Waals surface area contributed by atoms with Crippen LogP contribution in [0.1, 0.15) is 43.7 Å². The summed E-state index contributed by atoms with van der Waals surface area (Å²) in [7, 11) is 0. The molecule has 1 aromatic heterocycles. The van der Waals surface area contributed by atoms with E-state index in [1.165, 1.54) is 11.3 Å². The number of aromatic nitrogens is 1. The Morgan fingerprint density at radius 2 is 2.17 bits per heavy atom. The molecule has 1 saturated heterocycles. The Bertz CT molecular complexity index is 660. The van der Waals surface area contributed by atoms with Crippen molar-refractivity contribution >= 4 is 17.3 Å². The zero-order chi connectivity index (χ0) is 16.8. The Labute approximate surface area is 140 Å². The number of fused-ring (bicyclic) bond motifs is 1. The van der Waals surface area contributed by atoms with Gasteiger partial charge in [-0.15, -0.1) is 0 Å². The highest BCUT2D eigenvalue weighted by atomic mass is 32.1. The van der Waals surface area contributed by atoms with Crippen LogP contribution in [-0.4, -0.2) is 29.4 Å². The first-order valence-electron chi connectivity index (χ1n) is 8.30. The lowest BCUT2D eigenvalue weighted by atomic mass is 9.57. The Morgan fingerprint density at radius 3 is 2.83 bits per heavy atom. The quantitative estimate of drug-likeness (QED) is 0.792. The van der Waals surface area contributed by atoms with Crippen LogP contribution in [0.4, 0.5) is 0 Å². The summed E-state index contributed by atoms with van der Waals surface area (Å²) in [5, 5.41) is 0. The lowest BCUT2D eigenvalue weighted by molar-refractivity contribution is -0.254. The van der Waals surface area contributed by atoms with Crippen molar-refractivity contribution in [2.24, 2.45) is 11.3 Å². The minimum absolute atomic E-state index is 0.00230. The number of carbonyl (C=O) groups excluding carboxylic acids is 1. The fourth-order valence-electron chi connectivity index (χ4n) is 3.96. The molecular formula is C17H25NO4S. The molecule has 0 amide bonds. The molecule has 3 rings (SSSR count). The van der Waals surface area contributed by atoms with Gasteiger partial charge in [-0.25, -0.2) is 0 Å². The van der Waals surface area contributed by atoms with E-state index in [0.29, 0.717) is 12.5 Å². The van der Waals surface area contributed by atoms with E-state index in [1.807, 2.05) is 13.8 Å². The molecule has 1 aromatic rings. The number of aryl methyl sites for hydroxylation is 1. The highest BCUT2D eigenvalue weighted by molar-refractivity contribution is 7.09. The van der Waals surface area contributed by atoms with Crippen LogP contribution in [0.15, 0.2) is 4.79 Å². The molecule has 0 aromatic carbocycles. The molecule has 0 bridgehead atoms. The summed E-state index contributed by atoms with van der Waals surface area (Å²) in [5.41, 5.74) is 0.824. The maximum absolute atomic E-state index is 12.2. The number of hydrogen-bond donors (Lipinski definition) is 0. The lowest BCUT2D eigenvalue weighted by Crippen LogP contribution is -2.65. The summed E-state index contributed by atoms with van der Waals surface area (Å²) in [4.78, 5) is 25.1. The SMILES string of the molecule is Cc1sc(=O)n(CCC(=O)OC2C3CCCOC3C2(C)C)c1C. The van der Waals surface area contributed by atoms with Gasteiger partial charge >= 0.3 is 10.8 Å². The van der Waals surface area contributed by atoms with Crippen LogP contribution in [0.2, 0.25) is 0 Å². The van der Waals surface area contributed by atoms with Gasteiger partial charge < -0.3 is 14.0 Å². The Balaban J connectivity index is 1.58. The molecular weight excluding hydrogens is 314 g/mol. The molecule has 0 radical (unpaired) electrons. The van der Waals surface area contributed by atoms with Gasteiger partial charge in [0, 0.05) is 35.1 Å². The monoisotopic (exact) mass is 339 g/mol. The molecule has 2 fully saturated rings. The number of hydrogen-bond acceptors (Lipinski definition) is 5. The van der Waals surface area contributed by atoms with Crippen LogP contribution < -0.4 is 4.87 Å². The summed E-state index contributed by atoms with van der Waals surface area (Å²) in [6.45, 7) is 9.26. The van der Waals surface area contributed by atoms with Gasteiger partial charge in [0.25, 0.3) is 0 Å². The first kappa shape index (κ1) is 16.7. The molecule has 23 heavy (non-hydrogen) atoms. The van der Waals surface area contributed by atoms with Crippen molar-refractivity contribution in [2.45, 2.75) is 65.7 Å². The molecule has 2 heterocycles. The van der Waals surface area contributed by atoms with Gasteiger partial charge in [0.15, 0.2) is 0 Å². The molecule has 0 N–H and O–H groups in total. The Hall–Kier alpha value is -1.14. The van der Waals surface area contributed by atoms with Crippen molar-refractivity contribution in [3.8, 4) is 0 Å². The van der Waals surface area contributed by atoms with Gasteiger partial charge in [-0.05, 0) is 26.7 Å². The average Bonchev–Trinajstić information content (AvgIpc) is 2.76. The van der Waals surface area contributed by atoms with Crippen LogP contribution in [0.5, 0.6) is 0 Å². The van der Waals surface area contributed by atoms with E-state index < -0.39 is 0 Å². The van der Waals surface area contributed by atoms with Crippen LogP contribution in [0, 0.1) is 25.2 Å². The van der Waals surface area contributed by atoms with Crippen LogP contribution >= 0.6 is 11.3 Å². The van der Waals surface area contributed by atoms with Crippen molar-refractivity contribution in [2.75, 3.05) is 6.61 Å². The van der Waals surface area contributed by atoms with Crippen molar-refractivity contribution in [1.82, 2.24) is 4.57 Å². The van der Waals surface area contributed by atoms with Crippen molar-refractivity contribution in [1.29, 1.82) is 0 Å². The van der Waals surface area contributed by atoms with Crippen molar-refractivity contribution in [3.63, 3.8) is 0 Å². The van der Waals surface area contributed by atoms with Gasteiger partial charge in [-0.1, -0.05) is 25.2 Å². The van der Waals surface area contributed by atoms with E-state index in [9.17, 15) is 9.59 Å². The second kappa shape index (κ2) is 6.06. The summed E-state index contributed by atoms with van der Waals surface area (Å²) in [6, 6.07) is 0. The fourth-order valence-corrected chi connectivity index (χ4v) is 4.82. The highest BCUT2D eigenvalue weighted by Crippen LogP contribution is 2.52. The number of carbonyl (C=O) groups is 1. The predicted molar refractivity (Wildman–Crippen MR) is 88.8 cm³/mol. The summed E-state index contributed by atoms with van der Waals surface area (Å²) < 4.78 is 13.2. The van der Waals surface area contributed by atoms with E-state index in [4.69, 9.17) is 9.47 Å². The summed E-state index contributed by atoms with van der Waals surface area (Å²) >= 11 is 1.23. The number of esters is 1. The van der Waals surface area contributed by atoms with Crippen molar-refractivity contribution < 1.29 is 14.3 Å². The molecule has 3 unspecified atom stereocenters. The Morgan fingerprint density at radius 1 is 1.43 bits per heavy atom. The van der Waals surface area contributed by atoms with Gasteiger partial charge in [-0.2, -0.15) is 0 Å². The van der Waals surface area contributed by atoms with Crippen LogP contribution in [-0.2, 0) is 20.8 Å². The first-order chi connectivity index (χ1) is 10.8. The number of rotatable bonds is 4. The second-order valence-corrected chi connectivity index (χ2v) is 8.41. The van der Waals surface area contributed by atoms with E-state index in [1.54, 1.807) is 4.57 Å². The molecule has 1 aliphatic heterocycles. The third kappa shape index (κ3) is 2.87. The maximum Gasteiger partial charge on any atom is 0.307 e. The largest absolute Gasteiger partial charge is 0.461 e. The standard InChI is InChI=1S/C17H25NO4S/c1-10-11(2)23-16(20)18(10)8-7-13(19)22-15-12-6-5-9-21-14(12)17(15,3)4/h12,14-15H,5-9H2,1-4H3. The van der Waals surface area contributed by atoms with Crippen molar-refractivity contribution in [3.05, 3.63) is 20.2 Å². The number of thiazole rings is 1. The summed E-state index contributed by atoms with van der Waals surface area (Å²) in [6.07, 6.45) is 2.48. The topological polar surface area (TPSA) is 57.5 Å². The van der Waals surface area contributed by atoms with Crippen LogP contribution in [0.3, 0.4) is 0 Å². The first-order valence-corrected chi connectivity index (χ1v) is 9.12. The van der Waals surface area contributed by atoms with E-state index >= 15 is 0 Å². The molecule has 128 valence electrons. The third-order valence-electron chi connectivity index (χ3n) is 5.40. The molecule has 3 atom stereocenters. The smallest absolute Gasteiger partial charge is 0.307 e. The molecule has 6 heteroatoms. The number of nitrogens with zero attached hydrogens (tertiary/aromatic N) is 1. The molecule has 2 aliphatic rings. The second-order valence-electron chi connectivity index (χ2n) is 7.24. The molecule has 5 nitrogen and oxygen atoms in total.